The van der Waals surface area contributed by atoms with Crippen LogP contribution in [0.3, 0.4) is 0 Å². The van der Waals surface area contributed by atoms with Gasteiger partial charge in [-0.25, -0.2) is 4.98 Å². The lowest BCUT2D eigenvalue weighted by Crippen LogP contribution is -2.27. The Hall–Kier alpha value is -2.59. The van der Waals surface area contributed by atoms with Crippen LogP contribution in [-0.4, -0.2) is 16.0 Å². The molecule has 2 aromatic carbocycles. The van der Waals surface area contributed by atoms with Gasteiger partial charge in [-0.1, -0.05) is 42.0 Å². The van der Waals surface area contributed by atoms with Crippen molar-refractivity contribution in [3.63, 3.8) is 0 Å². The molecule has 1 heterocycles. The van der Waals surface area contributed by atoms with Gasteiger partial charge in [-0.05, 0) is 43.5 Å². The molecule has 4 nitrogen and oxygen atoms in total. The number of aryl methyl sites for hydroxylation is 1. The van der Waals surface area contributed by atoms with Gasteiger partial charge in [-0.15, -0.1) is 0 Å². The van der Waals surface area contributed by atoms with E-state index < -0.39 is 0 Å². The molecule has 25 heavy (non-hydrogen) atoms. The Morgan fingerprint density at radius 3 is 2.44 bits per heavy atom. The normalized spacial score (nSPS) is 12.1. The molecular weight excluding hydrogens is 310 g/mol. The summed E-state index contributed by atoms with van der Waals surface area (Å²) in [5.74, 6) is 1.87. The maximum atomic E-state index is 5.86. The first-order valence-corrected chi connectivity index (χ1v) is 8.68. The average Bonchev–Trinajstić information content (AvgIpc) is 3.14. The Morgan fingerprint density at radius 1 is 1.04 bits per heavy atom. The van der Waals surface area contributed by atoms with Gasteiger partial charge in [0.25, 0.3) is 0 Å². The topological polar surface area (TPSA) is 49.9 Å². The number of nitrogens with zero attached hydrogens (tertiary/aromatic N) is 1. The zero-order valence-corrected chi connectivity index (χ0v) is 14.8. The van der Waals surface area contributed by atoms with Crippen molar-refractivity contribution < 1.29 is 4.74 Å². The zero-order valence-electron chi connectivity index (χ0n) is 14.8. The van der Waals surface area contributed by atoms with Crippen LogP contribution in [0.15, 0.2) is 60.9 Å². The fourth-order valence-electron chi connectivity index (χ4n) is 2.66. The van der Waals surface area contributed by atoms with Crippen molar-refractivity contribution in [3.05, 3.63) is 83.4 Å². The highest BCUT2D eigenvalue weighted by molar-refractivity contribution is 5.28. The quantitative estimate of drug-likeness (QED) is 0.654. The number of hydrogen-bond acceptors (Lipinski definition) is 3. The van der Waals surface area contributed by atoms with Crippen molar-refractivity contribution in [2.75, 3.05) is 0 Å². The summed E-state index contributed by atoms with van der Waals surface area (Å²) in [6.07, 6.45) is 4.59. The summed E-state index contributed by atoms with van der Waals surface area (Å²) >= 11 is 0. The lowest BCUT2D eigenvalue weighted by Gasteiger charge is -2.13. The molecule has 4 heteroatoms. The molecule has 2 N–H and O–H groups in total. The molecule has 0 saturated carbocycles. The summed E-state index contributed by atoms with van der Waals surface area (Å²) < 4.78 is 5.86. The third-order valence-electron chi connectivity index (χ3n) is 4.16. The molecule has 0 saturated heterocycles. The Morgan fingerprint density at radius 2 is 1.76 bits per heavy atom. The molecular formula is C21H25N3O. The number of H-pyrrole nitrogens is 1. The van der Waals surface area contributed by atoms with E-state index in [4.69, 9.17) is 4.74 Å². The van der Waals surface area contributed by atoms with Crippen molar-refractivity contribution >= 4 is 0 Å². The van der Waals surface area contributed by atoms with Crippen LogP contribution < -0.4 is 10.1 Å². The Bertz CT molecular complexity index is 749. The van der Waals surface area contributed by atoms with Gasteiger partial charge >= 0.3 is 0 Å². The summed E-state index contributed by atoms with van der Waals surface area (Å²) in [5, 5.41) is 3.47. The molecule has 0 fully saturated rings. The van der Waals surface area contributed by atoms with E-state index in [1.165, 1.54) is 16.7 Å². The molecule has 0 aliphatic rings. The van der Waals surface area contributed by atoms with E-state index >= 15 is 0 Å². The number of aromatic amines is 1. The van der Waals surface area contributed by atoms with Crippen molar-refractivity contribution in [3.8, 4) is 5.75 Å². The molecule has 0 aliphatic carbocycles. The van der Waals surface area contributed by atoms with Gasteiger partial charge in [0, 0.05) is 18.4 Å². The second-order valence-electron chi connectivity index (χ2n) is 6.44. The van der Waals surface area contributed by atoms with Crippen LogP contribution in [0.4, 0.5) is 0 Å². The number of benzene rings is 2. The predicted molar refractivity (Wildman–Crippen MR) is 101 cm³/mol. The van der Waals surface area contributed by atoms with Crippen LogP contribution in [-0.2, 0) is 19.6 Å². The molecule has 0 bridgehead atoms. The predicted octanol–water partition coefficient (Wildman–Crippen LogP) is 4.02. The lowest BCUT2D eigenvalue weighted by atomic mass is 10.1. The van der Waals surface area contributed by atoms with E-state index in [9.17, 15) is 0 Å². The fourth-order valence-corrected chi connectivity index (χ4v) is 2.66. The number of rotatable bonds is 8. The van der Waals surface area contributed by atoms with Gasteiger partial charge in [0.15, 0.2) is 0 Å². The van der Waals surface area contributed by atoms with Gasteiger partial charge in [0.05, 0.1) is 6.54 Å². The monoisotopic (exact) mass is 335 g/mol. The van der Waals surface area contributed by atoms with Gasteiger partial charge in [-0.3, -0.25) is 0 Å². The number of ether oxygens (including phenoxy) is 1. The van der Waals surface area contributed by atoms with E-state index in [2.05, 4.69) is 65.5 Å². The second kappa shape index (κ2) is 8.49. The van der Waals surface area contributed by atoms with Crippen molar-refractivity contribution in [2.24, 2.45) is 0 Å². The molecule has 0 radical (unpaired) electrons. The SMILES string of the molecule is Cc1ccc(COc2ccc(CC(C)NCc3ncc[nH]3)cc2)cc1. The maximum absolute atomic E-state index is 5.86. The minimum atomic E-state index is 0.379. The molecule has 0 amide bonds. The molecule has 1 atom stereocenters. The van der Waals surface area contributed by atoms with E-state index in [0.717, 1.165) is 24.5 Å². The van der Waals surface area contributed by atoms with E-state index in [1.54, 1.807) is 6.20 Å². The summed E-state index contributed by atoms with van der Waals surface area (Å²) in [6, 6.07) is 17.2. The minimum Gasteiger partial charge on any atom is -0.489 e. The smallest absolute Gasteiger partial charge is 0.120 e. The summed E-state index contributed by atoms with van der Waals surface area (Å²) in [5.41, 5.74) is 3.75. The number of hydrogen-bond donors (Lipinski definition) is 2. The second-order valence-corrected chi connectivity index (χ2v) is 6.44. The number of imidazole rings is 1. The molecule has 1 unspecified atom stereocenters. The van der Waals surface area contributed by atoms with Crippen LogP contribution in [0.2, 0.25) is 0 Å². The molecule has 1 aromatic heterocycles. The van der Waals surface area contributed by atoms with Gasteiger partial charge < -0.3 is 15.0 Å². The van der Waals surface area contributed by atoms with Gasteiger partial charge in [0.1, 0.15) is 18.2 Å². The fraction of sp³-hybridized carbons (Fsp3) is 0.286. The van der Waals surface area contributed by atoms with Crippen LogP contribution in [0.1, 0.15) is 29.4 Å². The molecule has 130 valence electrons. The molecule has 0 aliphatic heterocycles. The largest absolute Gasteiger partial charge is 0.489 e. The first-order valence-electron chi connectivity index (χ1n) is 8.68. The number of aromatic nitrogens is 2. The Balaban J connectivity index is 1.45. The number of nitrogens with one attached hydrogen (secondary N) is 2. The standard InChI is InChI=1S/C21H25N3O/c1-16-3-5-19(6-4-16)15-25-20-9-7-18(8-10-20)13-17(2)24-14-21-22-11-12-23-21/h3-12,17,24H,13-15H2,1-2H3,(H,22,23). The first-order chi connectivity index (χ1) is 12.2. The van der Waals surface area contributed by atoms with E-state index in [1.807, 2.05) is 18.3 Å². The maximum Gasteiger partial charge on any atom is 0.120 e. The molecule has 3 aromatic rings. The Kier molecular flexibility index (Phi) is 5.86. The highest BCUT2D eigenvalue weighted by atomic mass is 16.5. The van der Waals surface area contributed by atoms with Gasteiger partial charge in [0.2, 0.25) is 0 Å². The summed E-state index contributed by atoms with van der Waals surface area (Å²) in [6.45, 7) is 5.63. The van der Waals surface area contributed by atoms with E-state index in [-0.39, 0.29) is 0 Å². The highest BCUT2D eigenvalue weighted by Crippen LogP contribution is 2.15. The summed E-state index contributed by atoms with van der Waals surface area (Å²) in [4.78, 5) is 7.33. The van der Waals surface area contributed by atoms with Crippen molar-refractivity contribution in [1.82, 2.24) is 15.3 Å². The zero-order chi connectivity index (χ0) is 17.5. The first kappa shape index (κ1) is 17.2. The Labute approximate surface area is 149 Å². The molecule has 0 spiro atoms. The average molecular weight is 335 g/mol. The van der Waals surface area contributed by atoms with Crippen LogP contribution in [0, 0.1) is 6.92 Å². The highest BCUT2D eigenvalue weighted by Gasteiger charge is 2.05. The van der Waals surface area contributed by atoms with Crippen LogP contribution in [0.25, 0.3) is 0 Å². The van der Waals surface area contributed by atoms with Crippen LogP contribution in [0.5, 0.6) is 5.75 Å². The summed E-state index contributed by atoms with van der Waals surface area (Å²) in [7, 11) is 0. The van der Waals surface area contributed by atoms with Gasteiger partial charge in [-0.2, -0.15) is 0 Å². The van der Waals surface area contributed by atoms with Crippen molar-refractivity contribution in [1.29, 1.82) is 0 Å². The third kappa shape index (κ3) is 5.47. The third-order valence-corrected chi connectivity index (χ3v) is 4.16. The van der Waals surface area contributed by atoms with E-state index in [0.29, 0.717) is 12.6 Å². The van der Waals surface area contributed by atoms with Crippen molar-refractivity contribution in [2.45, 2.75) is 39.5 Å². The molecule has 3 rings (SSSR count). The minimum absolute atomic E-state index is 0.379. The lowest BCUT2D eigenvalue weighted by molar-refractivity contribution is 0.306. The van der Waals surface area contributed by atoms with Crippen LogP contribution >= 0.6 is 0 Å².